The van der Waals surface area contributed by atoms with Crippen molar-refractivity contribution in [1.29, 1.82) is 0 Å². The van der Waals surface area contributed by atoms with Gasteiger partial charge in [0.15, 0.2) is 0 Å². The molecular formula is C19H18O. The van der Waals surface area contributed by atoms with Crippen molar-refractivity contribution in [3.8, 4) is 5.75 Å². The van der Waals surface area contributed by atoms with E-state index in [2.05, 4.69) is 60.7 Å². The van der Waals surface area contributed by atoms with E-state index in [-0.39, 0.29) is 0 Å². The van der Waals surface area contributed by atoms with Crippen molar-refractivity contribution in [2.75, 3.05) is 0 Å². The van der Waals surface area contributed by atoms with Crippen LogP contribution in [0.1, 0.15) is 11.1 Å². The molecule has 0 fully saturated rings. The van der Waals surface area contributed by atoms with Crippen LogP contribution in [0.2, 0.25) is 0 Å². The molecule has 0 atom stereocenters. The van der Waals surface area contributed by atoms with E-state index >= 15 is 0 Å². The van der Waals surface area contributed by atoms with Gasteiger partial charge < -0.3 is 5.11 Å². The molecule has 100 valence electrons. The third-order valence-corrected chi connectivity index (χ3v) is 2.85. The van der Waals surface area contributed by atoms with Crippen molar-refractivity contribution in [1.82, 2.24) is 0 Å². The van der Waals surface area contributed by atoms with Crippen LogP contribution in [0.3, 0.4) is 0 Å². The molecule has 0 spiro atoms. The first-order valence-electron chi connectivity index (χ1n) is 6.66. The minimum Gasteiger partial charge on any atom is -0.508 e. The number of phenolic OH excluding ortho intramolecular Hbond substituents is 1. The predicted octanol–water partition coefficient (Wildman–Crippen LogP) is 4.67. The molecule has 0 radical (unpaired) electrons. The van der Waals surface area contributed by atoms with Gasteiger partial charge in [-0.2, -0.15) is 0 Å². The standard InChI is InChI=1S/C13H12.C6H6O/c1-3-7-12(8-4-1)11-13-9-5-2-6-10-13;7-6-4-2-1-3-5-6/h1-10H,11H2;1-5,7H. The minimum absolute atomic E-state index is 0.322. The van der Waals surface area contributed by atoms with Gasteiger partial charge in [-0.1, -0.05) is 78.9 Å². The fraction of sp³-hybridized carbons (Fsp3) is 0.0526. The zero-order chi connectivity index (χ0) is 14.0. The lowest BCUT2D eigenvalue weighted by Crippen LogP contribution is -1.85. The highest BCUT2D eigenvalue weighted by Gasteiger charge is 1.92. The number of benzene rings is 3. The van der Waals surface area contributed by atoms with Crippen LogP contribution in [0, 0.1) is 0 Å². The Labute approximate surface area is 120 Å². The second-order valence-corrected chi connectivity index (χ2v) is 4.48. The highest BCUT2D eigenvalue weighted by Crippen LogP contribution is 2.07. The summed E-state index contributed by atoms with van der Waals surface area (Å²) < 4.78 is 0. The van der Waals surface area contributed by atoms with Crippen molar-refractivity contribution < 1.29 is 5.11 Å². The molecule has 3 aromatic carbocycles. The maximum absolute atomic E-state index is 8.63. The van der Waals surface area contributed by atoms with E-state index in [4.69, 9.17) is 5.11 Å². The summed E-state index contributed by atoms with van der Waals surface area (Å²) in [5.41, 5.74) is 2.74. The average molecular weight is 262 g/mol. The average Bonchev–Trinajstić information content (AvgIpc) is 2.51. The number of aromatic hydroxyl groups is 1. The third kappa shape index (κ3) is 4.99. The molecule has 3 aromatic rings. The number of hydrogen-bond acceptors (Lipinski definition) is 1. The quantitative estimate of drug-likeness (QED) is 0.711. The van der Waals surface area contributed by atoms with Crippen LogP contribution >= 0.6 is 0 Å². The number of para-hydroxylation sites is 1. The van der Waals surface area contributed by atoms with Crippen molar-refractivity contribution in [3.05, 3.63) is 102 Å². The smallest absolute Gasteiger partial charge is 0.115 e. The van der Waals surface area contributed by atoms with Crippen LogP contribution in [0.15, 0.2) is 91.0 Å². The molecule has 1 N–H and O–H groups in total. The highest BCUT2D eigenvalue weighted by molar-refractivity contribution is 5.25. The molecule has 0 amide bonds. The predicted molar refractivity (Wildman–Crippen MR) is 83.8 cm³/mol. The number of phenols is 1. The molecule has 0 aliphatic carbocycles. The lowest BCUT2D eigenvalue weighted by Gasteiger charge is -2.00. The molecule has 0 saturated carbocycles. The van der Waals surface area contributed by atoms with Gasteiger partial charge in [-0.3, -0.25) is 0 Å². The van der Waals surface area contributed by atoms with Gasteiger partial charge in [-0.25, -0.2) is 0 Å². The summed E-state index contributed by atoms with van der Waals surface area (Å²) in [6, 6.07) is 29.8. The maximum atomic E-state index is 8.63. The first-order valence-corrected chi connectivity index (χ1v) is 6.66. The second-order valence-electron chi connectivity index (χ2n) is 4.48. The monoisotopic (exact) mass is 262 g/mol. The van der Waals surface area contributed by atoms with E-state index in [0.717, 1.165) is 6.42 Å². The molecule has 0 saturated heterocycles. The van der Waals surface area contributed by atoms with E-state index in [1.165, 1.54) is 11.1 Å². The third-order valence-electron chi connectivity index (χ3n) is 2.85. The molecule has 0 unspecified atom stereocenters. The van der Waals surface area contributed by atoms with Gasteiger partial charge in [0.25, 0.3) is 0 Å². The topological polar surface area (TPSA) is 20.2 Å². The van der Waals surface area contributed by atoms with Crippen LogP contribution in [-0.4, -0.2) is 5.11 Å². The summed E-state index contributed by atoms with van der Waals surface area (Å²) in [6.45, 7) is 0. The highest BCUT2D eigenvalue weighted by atomic mass is 16.3. The molecule has 1 heteroatoms. The Morgan fingerprint density at radius 2 is 0.850 bits per heavy atom. The zero-order valence-electron chi connectivity index (χ0n) is 11.3. The van der Waals surface area contributed by atoms with Crippen LogP contribution in [-0.2, 0) is 6.42 Å². The van der Waals surface area contributed by atoms with Gasteiger partial charge in [-0.15, -0.1) is 0 Å². The van der Waals surface area contributed by atoms with Gasteiger partial charge in [0.05, 0.1) is 0 Å². The molecule has 0 bridgehead atoms. The van der Waals surface area contributed by atoms with Gasteiger partial charge >= 0.3 is 0 Å². The Hall–Kier alpha value is -2.54. The van der Waals surface area contributed by atoms with E-state index in [0.29, 0.717) is 5.75 Å². The maximum Gasteiger partial charge on any atom is 0.115 e. The Kier molecular flexibility index (Phi) is 5.41. The van der Waals surface area contributed by atoms with Crippen molar-refractivity contribution in [3.63, 3.8) is 0 Å². The van der Waals surface area contributed by atoms with Crippen molar-refractivity contribution >= 4 is 0 Å². The van der Waals surface area contributed by atoms with Gasteiger partial charge in [0.1, 0.15) is 5.75 Å². The lowest BCUT2D eigenvalue weighted by molar-refractivity contribution is 0.475. The molecule has 20 heavy (non-hydrogen) atoms. The summed E-state index contributed by atoms with van der Waals surface area (Å²) in [5, 5.41) is 8.63. The SMILES string of the molecule is Oc1ccccc1.c1ccc(Cc2ccccc2)cc1. The molecule has 0 aromatic heterocycles. The number of hydrogen-bond donors (Lipinski definition) is 1. The molecular weight excluding hydrogens is 244 g/mol. The largest absolute Gasteiger partial charge is 0.508 e. The van der Waals surface area contributed by atoms with E-state index in [1.54, 1.807) is 24.3 Å². The molecule has 3 rings (SSSR count). The van der Waals surface area contributed by atoms with Crippen LogP contribution in [0.5, 0.6) is 5.75 Å². The Morgan fingerprint density at radius 1 is 0.500 bits per heavy atom. The molecule has 1 nitrogen and oxygen atoms in total. The van der Waals surface area contributed by atoms with Gasteiger partial charge in [0, 0.05) is 0 Å². The summed E-state index contributed by atoms with van der Waals surface area (Å²) in [5.74, 6) is 0.322. The van der Waals surface area contributed by atoms with Crippen LogP contribution in [0.4, 0.5) is 0 Å². The normalized spacial score (nSPS) is 9.40. The Morgan fingerprint density at radius 3 is 1.15 bits per heavy atom. The van der Waals surface area contributed by atoms with Crippen molar-refractivity contribution in [2.24, 2.45) is 0 Å². The minimum atomic E-state index is 0.322. The van der Waals surface area contributed by atoms with Gasteiger partial charge in [-0.05, 0) is 29.7 Å². The lowest BCUT2D eigenvalue weighted by atomic mass is 10.1. The number of rotatable bonds is 2. The van der Waals surface area contributed by atoms with E-state index < -0.39 is 0 Å². The van der Waals surface area contributed by atoms with Crippen LogP contribution < -0.4 is 0 Å². The summed E-state index contributed by atoms with van der Waals surface area (Å²) >= 11 is 0. The Balaban J connectivity index is 0.000000178. The molecule has 0 aliphatic heterocycles. The first-order chi connectivity index (χ1) is 9.84. The summed E-state index contributed by atoms with van der Waals surface area (Å²) in [7, 11) is 0. The fourth-order valence-corrected chi connectivity index (χ4v) is 1.86. The molecule has 0 aliphatic rings. The fourth-order valence-electron chi connectivity index (χ4n) is 1.86. The molecule has 0 heterocycles. The summed E-state index contributed by atoms with van der Waals surface area (Å²) in [4.78, 5) is 0. The first kappa shape index (κ1) is 13.9. The van der Waals surface area contributed by atoms with Crippen LogP contribution in [0.25, 0.3) is 0 Å². The van der Waals surface area contributed by atoms with E-state index in [1.807, 2.05) is 6.07 Å². The van der Waals surface area contributed by atoms with Crippen molar-refractivity contribution in [2.45, 2.75) is 6.42 Å². The summed E-state index contributed by atoms with van der Waals surface area (Å²) in [6.07, 6.45) is 1.03. The van der Waals surface area contributed by atoms with Gasteiger partial charge in [0.2, 0.25) is 0 Å². The second kappa shape index (κ2) is 7.80. The van der Waals surface area contributed by atoms with E-state index in [9.17, 15) is 0 Å². The Bertz CT molecular complexity index is 551. The zero-order valence-corrected chi connectivity index (χ0v) is 11.3.